The summed E-state index contributed by atoms with van der Waals surface area (Å²) >= 11 is 5.76. The first-order valence-electron chi connectivity index (χ1n) is 5.15. The number of aryl methyl sites for hydroxylation is 1. The summed E-state index contributed by atoms with van der Waals surface area (Å²) in [6.07, 6.45) is 0. The minimum absolute atomic E-state index is 0.142. The lowest BCUT2D eigenvalue weighted by molar-refractivity contribution is -0.384. The van der Waals surface area contributed by atoms with Gasteiger partial charge in [-0.15, -0.1) is 5.10 Å². The Bertz CT molecular complexity index is 772. The number of sulfonamides is 1. The smallest absolute Gasteiger partial charge is 0.261 e. The number of rotatable bonds is 4. The second-order valence-corrected chi connectivity index (χ2v) is 5.78. The molecule has 0 amide bonds. The topological polar surface area (TPSA) is 131 Å². The molecule has 2 aromatic rings. The number of nitro benzene ring substituents is 1. The number of anilines is 1. The molecular weight excluding hydrogens is 310 g/mol. The van der Waals surface area contributed by atoms with Crippen LogP contribution in [0.3, 0.4) is 0 Å². The number of aromatic nitrogens is 3. The van der Waals surface area contributed by atoms with E-state index in [1.165, 1.54) is 0 Å². The second kappa shape index (κ2) is 5.06. The van der Waals surface area contributed by atoms with Gasteiger partial charge in [-0.05, 0) is 13.0 Å². The average molecular weight is 318 g/mol. The molecule has 0 aliphatic rings. The number of nitrogens with zero attached hydrogens (tertiary/aromatic N) is 3. The van der Waals surface area contributed by atoms with Crippen LogP contribution in [-0.2, 0) is 10.0 Å². The van der Waals surface area contributed by atoms with Gasteiger partial charge in [0.1, 0.15) is 10.7 Å². The fraction of sp³-hybridized carbons (Fsp3) is 0.111. The lowest BCUT2D eigenvalue weighted by Crippen LogP contribution is -2.14. The average Bonchev–Trinajstić information content (AvgIpc) is 2.73. The molecule has 0 radical (unpaired) electrons. The van der Waals surface area contributed by atoms with E-state index in [0.29, 0.717) is 5.82 Å². The van der Waals surface area contributed by atoms with Crippen LogP contribution in [0, 0.1) is 17.0 Å². The summed E-state index contributed by atoms with van der Waals surface area (Å²) in [6, 6.07) is 3.05. The maximum Gasteiger partial charge on any atom is 0.271 e. The molecule has 0 unspecified atom stereocenters. The number of H-pyrrole nitrogens is 1. The first-order chi connectivity index (χ1) is 9.29. The molecule has 20 heavy (non-hydrogen) atoms. The van der Waals surface area contributed by atoms with Gasteiger partial charge in [0.2, 0.25) is 0 Å². The van der Waals surface area contributed by atoms with E-state index in [1.54, 1.807) is 6.92 Å². The fourth-order valence-electron chi connectivity index (χ4n) is 1.38. The highest BCUT2D eigenvalue weighted by molar-refractivity contribution is 7.92. The van der Waals surface area contributed by atoms with Crippen LogP contribution in [0.25, 0.3) is 0 Å². The molecule has 0 atom stereocenters. The largest absolute Gasteiger partial charge is 0.271 e. The van der Waals surface area contributed by atoms with Crippen LogP contribution in [0.5, 0.6) is 0 Å². The van der Waals surface area contributed by atoms with Crippen molar-refractivity contribution in [2.45, 2.75) is 11.8 Å². The molecule has 1 heterocycles. The molecule has 0 saturated carbocycles. The number of aromatic amines is 1. The molecule has 0 aliphatic heterocycles. The summed E-state index contributed by atoms with van der Waals surface area (Å²) in [5.74, 6) is 0.286. The Morgan fingerprint density at radius 1 is 1.45 bits per heavy atom. The van der Waals surface area contributed by atoms with E-state index in [-0.39, 0.29) is 21.6 Å². The molecule has 0 fully saturated rings. The molecule has 1 aromatic heterocycles. The fourth-order valence-corrected chi connectivity index (χ4v) is 2.87. The Hall–Kier alpha value is -2.20. The summed E-state index contributed by atoms with van der Waals surface area (Å²) in [7, 11) is -4.02. The van der Waals surface area contributed by atoms with E-state index in [9.17, 15) is 18.5 Å². The lowest BCUT2D eigenvalue weighted by atomic mass is 10.3. The molecule has 0 spiro atoms. The maximum atomic E-state index is 12.1. The zero-order valence-electron chi connectivity index (χ0n) is 9.99. The minimum Gasteiger partial charge on any atom is -0.261 e. The molecular formula is C9H8ClN5O4S. The van der Waals surface area contributed by atoms with Gasteiger partial charge < -0.3 is 0 Å². The molecule has 0 saturated heterocycles. The first kappa shape index (κ1) is 14.2. The van der Waals surface area contributed by atoms with E-state index in [2.05, 4.69) is 19.9 Å². The Morgan fingerprint density at radius 3 is 2.65 bits per heavy atom. The Labute approximate surface area is 118 Å². The zero-order valence-corrected chi connectivity index (χ0v) is 11.6. The van der Waals surface area contributed by atoms with Crippen molar-refractivity contribution in [1.29, 1.82) is 0 Å². The number of halogens is 1. The highest BCUT2D eigenvalue weighted by atomic mass is 35.5. The highest BCUT2D eigenvalue weighted by Gasteiger charge is 2.22. The van der Waals surface area contributed by atoms with Gasteiger partial charge in [-0.3, -0.25) is 15.2 Å². The van der Waals surface area contributed by atoms with Crippen LogP contribution in [-0.4, -0.2) is 28.5 Å². The quantitative estimate of drug-likeness (QED) is 0.648. The van der Waals surface area contributed by atoms with Crippen LogP contribution in [0.4, 0.5) is 11.6 Å². The maximum absolute atomic E-state index is 12.1. The van der Waals surface area contributed by atoms with Gasteiger partial charge in [-0.2, -0.15) is 4.98 Å². The molecule has 2 rings (SSSR count). The summed E-state index contributed by atoms with van der Waals surface area (Å²) < 4.78 is 26.2. The van der Waals surface area contributed by atoms with Gasteiger partial charge in [-0.1, -0.05) is 11.6 Å². The predicted molar refractivity (Wildman–Crippen MR) is 70.0 cm³/mol. The Morgan fingerprint density at radius 2 is 2.15 bits per heavy atom. The Balaban J connectivity index is 2.37. The molecule has 106 valence electrons. The van der Waals surface area contributed by atoms with Crippen molar-refractivity contribution >= 4 is 33.3 Å². The number of non-ortho nitro benzene ring substituents is 1. The number of hydrogen-bond acceptors (Lipinski definition) is 6. The summed E-state index contributed by atoms with van der Waals surface area (Å²) in [5, 5.41) is 16.4. The van der Waals surface area contributed by atoms with Crippen molar-refractivity contribution in [3.05, 3.63) is 39.2 Å². The SMILES string of the molecule is Cc1nc(NS(=O)(=O)c2ccc([N+](=O)[O-])cc2Cl)n[nH]1. The van der Waals surface area contributed by atoms with Gasteiger partial charge in [0.25, 0.3) is 21.7 Å². The van der Waals surface area contributed by atoms with Crippen molar-refractivity contribution in [3.8, 4) is 0 Å². The predicted octanol–water partition coefficient (Wildman–Crippen LogP) is 1.48. The van der Waals surface area contributed by atoms with Crippen molar-refractivity contribution in [2.75, 3.05) is 4.72 Å². The van der Waals surface area contributed by atoms with Crippen molar-refractivity contribution in [1.82, 2.24) is 15.2 Å². The normalized spacial score (nSPS) is 11.3. The molecule has 0 aliphatic carbocycles. The second-order valence-electron chi connectivity index (χ2n) is 3.72. The number of nitro groups is 1. The summed E-state index contributed by atoms with van der Waals surface area (Å²) in [4.78, 5) is 13.4. The van der Waals surface area contributed by atoms with Crippen molar-refractivity contribution in [3.63, 3.8) is 0 Å². The van der Waals surface area contributed by atoms with Crippen LogP contribution >= 0.6 is 11.6 Å². The monoisotopic (exact) mass is 317 g/mol. The summed E-state index contributed by atoms with van der Waals surface area (Å²) in [5.41, 5.74) is -0.303. The lowest BCUT2D eigenvalue weighted by Gasteiger charge is -2.06. The van der Waals surface area contributed by atoms with Gasteiger partial charge in [0, 0.05) is 12.1 Å². The van der Waals surface area contributed by atoms with E-state index >= 15 is 0 Å². The van der Waals surface area contributed by atoms with Crippen molar-refractivity contribution < 1.29 is 13.3 Å². The highest BCUT2D eigenvalue weighted by Crippen LogP contribution is 2.27. The van der Waals surface area contributed by atoms with Gasteiger partial charge in [0.15, 0.2) is 0 Å². The third-order valence-corrected chi connectivity index (χ3v) is 4.05. The molecule has 0 bridgehead atoms. The zero-order chi connectivity index (χ0) is 14.9. The van der Waals surface area contributed by atoms with Gasteiger partial charge in [-0.25, -0.2) is 13.1 Å². The van der Waals surface area contributed by atoms with E-state index in [4.69, 9.17) is 11.6 Å². The van der Waals surface area contributed by atoms with E-state index in [0.717, 1.165) is 18.2 Å². The first-order valence-corrected chi connectivity index (χ1v) is 7.01. The number of hydrogen-bond donors (Lipinski definition) is 2. The summed E-state index contributed by atoms with van der Waals surface area (Å²) in [6.45, 7) is 1.60. The van der Waals surface area contributed by atoms with Crippen LogP contribution < -0.4 is 4.72 Å². The van der Waals surface area contributed by atoms with Crippen molar-refractivity contribution in [2.24, 2.45) is 0 Å². The minimum atomic E-state index is -4.02. The Kier molecular flexibility index (Phi) is 3.59. The van der Waals surface area contributed by atoms with Gasteiger partial charge in [0.05, 0.1) is 9.95 Å². The molecule has 9 nitrogen and oxygen atoms in total. The van der Waals surface area contributed by atoms with Gasteiger partial charge >= 0.3 is 0 Å². The number of benzene rings is 1. The van der Waals surface area contributed by atoms with Crippen LogP contribution in [0.2, 0.25) is 5.02 Å². The van der Waals surface area contributed by atoms with E-state index in [1.807, 2.05) is 0 Å². The van der Waals surface area contributed by atoms with Crippen LogP contribution in [0.15, 0.2) is 23.1 Å². The molecule has 2 N–H and O–H groups in total. The third kappa shape index (κ3) is 2.86. The molecule has 1 aromatic carbocycles. The van der Waals surface area contributed by atoms with E-state index < -0.39 is 14.9 Å². The third-order valence-electron chi connectivity index (χ3n) is 2.24. The standard InChI is InChI=1S/C9H8ClN5O4S/c1-5-11-9(13-12-5)14-20(18,19)8-3-2-6(15(16)17)4-7(8)10/h2-4H,1H3,(H2,11,12,13,14). The molecule has 11 heteroatoms. The number of nitrogens with one attached hydrogen (secondary N) is 2. The van der Waals surface area contributed by atoms with Crippen LogP contribution in [0.1, 0.15) is 5.82 Å².